The first-order valence-electron chi connectivity index (χ1n) is 11.5. The van der Waals surface area contributed by atoms with Gasteiger partial charge in [0.05, 0.1) is 11.1 Å². The summed E-state index contributed by atoms with van der Waals surface area (Å²) >= 11 is 0. The summed E-state index contributed by atoms with van der Waals surface area (Å²) in [7, 11) is 0. The predicted octanol–water partition coefficient (Wildman–Crippen LogP) is 3.16. The minimum Gasteiger partial charge on any atom is -0.356 e. The highest BCUT2D eigenvalue weighted by molar-refractivity contribution is 5.86. The van der Waals surface area contributed by atoms with E-state index in [2.05, 4.69) is 59.0 Å². The summed E-state index contributed by atoms with van der Waals surface area (Å²) in [4.78, 5) is 28.1. The molecule has 2 amide bonds. The molecule has 1 fully saturated rings. The van der Waals surface area contributed by atoms with Gasteiger partial charge in [0.25, 0.3) is 0 Å². The lowest BCUT2D eigenvalue weighted by Crippen LogP contribution is -2.45. The van der Waals surface area contributed by atoms with E-state index in [1.807, 2.05) is 26.0 Å². The highest BCUT2D eigenvalue weighted by atomic mass is 16.2. The Bertz CT molecular complexity index is 1150. The van der Waals surface area contributed by atoms with E-state index in [1.165, 1.54) is 5.56 Å². The second-order valence-electron chi connectivity index (χ2n) is 8.97. The maximum atomic E-state index is 13.3. The predicted molar refractivity (Wildman–Crippen MR) is 127 cm³/mol. The van der Waals surface area contributed by atoms with Crippen LogP contribution in [0.25, 0.3) is 11.1 Å². The number of aromatic nitrogens is 3. The van der Waals surface area contributed by atoms with Gasteiger partial charge in [0.15, 0.2) is 0 Å². The molecular weight excluding hydrogens is 414 g/mol. The van der Waals surface area contributed by atoms with Crippen LogP contribution in [0.4, 0.5) is 0 Å². The molecule has 1 aromatic heterocycles. The van der Waals surface area contributed by atoms with Crippen LogP contribution < -0.4 is 5.32 Å². The number of carbonyl (C=O) groups excluding carboxylic acids is 2. The molecule has 0 bridgehead atoms. The molecular formula is C26H31N5O2. The van der Waals surface area contributed by atoms with Crippen molar-refractivity contribution in [3.63, 3.8) is 0 Å². The Labute approximate surface area is 194 Å². The Balaban J connectivity index is 1.60. The minimum atomic E-state index is -0.663. The summed E-state index contributed by atoms with van der Waals surface area (Å²) in [5.41, 5.74) is 4.70. The van der Waals surface area contributed by atoms with E-state index >= 15 is 0 Å². The van der Waals surface area contributed by atoms with Gasteiger partial charge in [0.2, 0.25) is 11.8 Å². The molecule has 1 saturated heterocycles. The van der Waals surface area contributed by atoms with Crippen molar-refractivity contribution in [2.24, 2.45) is 5.41 Å². The average Bonchev–Trinajstić information content (AvgIpc) is 3.41. The molecule has 2 aromatic carbocycles. The summed E-state index contributed by atoms with van der Waals surface area (Å²) in [6, 6.07) is 16.7. The molecule has 2 heterocycles. The first kappa shape index (κ1) is 22.7. The third-order valence-corrected chi connectivity index (χ3v) is 6.35. The molecule has 4 rings (SSSR count). The van der Waals surface area contributed by atoms with Gasteiger partial charge in [-0.2, -0.15) is 0 Å². The molecule has 0 saturated carbocycles. The topological polar surface area (TPSA) is 80.1 Å². The van der Waals surface area contributed by atoms with E-state index in [0.29, 0.717) is 32.5 Å². The number of benzene rings is 2. The largest absolute Gasteiger partial charge is 0.356 e. The van der Waals surface area contributed by atoms with Gasteiger partial charge in [-0.3, -0.25) is 9.59 Å². The van der Waals surface area contributed by atoms with Crippen molar-refractivity contribution < 1.29 is 9.59 Å². The lowest BCUT2D eigenvalue weighted by Gasteiger charge is -2.29. The van der Waals surface area contributed by atoms with Gasteiger partial charge in [0, 0.05) is 25.8 Å². The minimum absolute atomic E-state index is 0.0101. The third-order valence-electron chi connectivity index (χ3n) is 6.35. The van der Waals surface area contributed by atoms with Crippen molar-refractivity contribution in [1.29, 1.82) is 0 Å². The normalized spacial score (nSPS) is 17.8. The summed E-state index contributed by atoms with van der Waals surface area (Å²) < 4.78 is 1.55. The van der Waals surface area contributed by atoms with Gasteiger partial charge in [-0.1, -0.05) is 59.3 Å². The summed E-state index contributed by atoms with van der Waals surface area (Å²) in [6.45, 7) is 7.49. The Morgan fingerprint density at radius 2 is 1.94 bits per heavy atom. The number of nitrogens with zero attached hydrogens (tertiary/aromatic N) is 4. The Hall–Kier alpha value is -3.48. The Morgan fingerprint density at radius 3 is 2.67 bits per heavy atom. The second-order valence-corrected chi connectivity index (χ2v) is 8.97. The molecule has 0 spiro atoms. The van der Waals surface area contributed by atoms with E-state index in [4.69, 9.17) is 0 Å². The zero-order valence-electron chi connectivity index (χ0n) is 19.5. The number of hydrogen-bond donors (Lipinski definition) is 1. The van der Waals surface area contributed by atoms with E-state index in [0.717, 1.165) is 22.4 Å². The standard InChI is InChI=1S/C26H31N5O2/c1-4-27-25(33)26(12-13-30(18-26)24(32)17-31-16-20(3)28-29-31)15-22-9-5-6-11-23(22)21-10-7-8-19(2)14-21/h5-11,14,16H,4,12-13,15,17-18H2,1-3H3,(H,27,33). The molecule has 3 aromatic rings. The molecule has 7 nitrogen and oxygen atoms in total. The van der Waals surface area contributed by atoms with Crippen LogP contribution in [-0.4, -0.2) is 51.3 Å². The summed E-state index contributed by atoms with van der Waals surface area (Å²) in [5.74, 6) is -0.0333. The lowest BCUT2D eigenvalue weighted by molar-refractivity contribution is -0.133. The highest BCUT2D eigenvalue weighted by Crippen LogP contribution is 2.38. The van der Waals surface area contributed by atoms with E-state index in [9.17, 15) is 9.59 Å². The van der Waals surface area contributed by atoms with E-state index in [1.54, 1.807) is 15.8 Å². The first-order valence-corrected chi connectivity index (χ1v) is 11.5. The van der Waals surface area contributed by atoms with Gasteiger partial charge in [0.1, 0.15) is 6.54 Å². The quantitative estimate of drug-likeness (QED) is 0.606. The molecule has 1 atom stereocenters. The molecule has 1 aliphatic heterocycles. The van der Waals surface area contributed by atoms with Gasteiger partial charge in [-0.05, 0) is 50.3 Å². The zero-order valence-corrected chi connectivity index (χ0v) is 19.5. The molecule has 1 aliphatic rings. The summed E-state index contributed by atoms with van der Waals surface area (Å²) in [5, 5.41) is 11.0. The van der Waals surface area contributed by atoms with Crippen LogP contribution in [0.1, 0.15) is 30.2 Å². The number of nitrogens with one attached hydrogen (secondary N) is 1. The van der Waals surface area contributed by atoms with Crippen LogP contribution in [0.3, 0.4) is 0 Å². The number of amides is 2. The van der Waals surface area contributed by atoms with Crippen LogP contribution >= 0.6 is 0 Å². The number of likely N-dealkylation sites (tertiary alicyclic amines) is 1. The fourth-order valence-corrected chi connectivity index (χ4v) is 4.69. The maximum Gasteiger partial charge on any atom is 0.244 e. The van der Waals surface area contributed by atoms with Crippen LogP contribution in [0.5, 0.6) is 0 Å². The maximum absolute atomic E-state index is 13.3. The number of carbonyl (C=O) groups is 2. The van der Waals surface area contributed by atoms with Crippen LogP contribution in [-0.2, 0) is 22.6 Å². The molecule has 33 heavy (non-hydrogen) atoms. The smallest absolute Gasteiger partial charge is 0.244 e. The fourth-order valence-electron chi connectivity index (χ4n) is 4.69. The molecule has 1 unspecified atom stereocenters. The number of hydrogen-bond acceptors (Lipinski definition) is 4. The van der Waals surface area contributed by atoms with Gasteiger partial charge < -0.3 is 10.2 Å². The van der Waals surface area contributed by atoms with Gasteiger partial charge in [-0.15, -0.1) is 5.10 Å². The van der Waals surface area contributed by atoms with Crippen molar-refractivity contribution >= 4 is 11.8 Å². The summed E-state index contributed by atoms with van der Waals surface area (Å²) in [6.07, 6.45) is 2.96. The molecule has 172 valence electrons. The Kier molecular flexibility index (Phi) is 6.58. The van der Waals surface area contributed by atoms with Crippen LogP contribution in [0.15, 0.2) is 54.7 Å². The molecule has 0 aliphatic carbocycles. The average molecular weight is 446 g/mol. The lowest BCUT2D eigenvalue weighted by atomic mass is 9.78. The number of aryl methyl sites for hydroxylation is 2. The molecule has 0 radical (unpaired) electrons. The van der Waals surface area contributed by atoms with Crippen LogP contribution in [0, 0.1) is 19.3 Å². The SMILES string of the molecule is CCNC(=O)C1(Cc2ccccc2-c2cccc(C)c2)CCN(C(=O)Cn2cc(C)nn2)C1. The van der Waals surface area contributed by atoms with E-state index in [-0.39, 0.29) is 18.4 Å². The van der Waals surface area contributed by atoms with Crippen molar-refractivity contribution in [3.8, 4) is 11.1 Å². The second kappa shape index (κ2) is 9.57. The van der Waals surface area contributed by atoms with Crippen molar-refractivity contribution in [1.82, 2.24) is 25.2 Å². The number of rotatable bonds is 7. The Morgan fingerprint density at radius 1 is 1.12 bits per heavy atom. The molecule has 1 N–H and O–H groups in total. The fraction of sp³-hybridized carbons (Fsp3) is 0.385. The van der Waals surface area contributed by atoms with Gasteiger partial charge >= 0.3 is 0 Å². The monoisotopic (exact) mass is 445 g/mol. The van der Waals surface area contributed by atoms with Crippen molar-refractivity contribution in [2.45, 2.75) is 40.2 Å². The third kappa shape index (κ3) is 4.97. The van der Waals surface area contributed by atoms with Crippen molar-refractivity contribution in [2.75, 3.05) is 19.6 Å². The zero-order chi connectivity index (χ0) is 23.4. The van der Waals surface area contributed by atoms with Gasteiger partial charge in [-0.25, -0.2) is 4.68 Å². The highest BCUT2D eigenvalue weighted by Gasteiger charge is 2.46. The van der Waals surface area contributed by atoms with Crippen LogP contribution in [0.2, 0.25) is 0 Å². The first-order chi connectivity index (χ1) is 15.9. The molecule has 7 heteroatoms. The van der Waals surface area contributed by atoms with E-state index < -0.39 is 5.41 Å². The van der Waals surface area contributed by atoms with Crippen molar-refractivity contribution in [3.05, 3.63) is 71.5 Å².